The minimum Gasteiger partial charge on any atom is -0.355 e. The van der Waals surface area contributed by atoms with Crippen LogP contribution in [0, 0.1) is 5.92 Å². The van der Waals surface area contributed by atoms with E-state index in [1.807, 2.05) is 12.1 Å². The van der Waals surface area contributed by atoms with Gasteiger partial charge >= 0.3 is 0 Å². The van der Waals surface area contributed by atoms with Crippen molar-refractivity contribution in [3.8, 4) is 0 Å². The molecule has 0 unspecified atom stereocenters. The molecule has 0 bridgehead atoms. The molecular weight excluding hydrogens is 248 g/mol. The van der Waals surface area contributed by atoms with E-state index in [9.17, 15) is 8.42 Å². The fourth-order valence-corrected chi connectivity index (χ4v) is 3.93. The smallest absolute Gasteiger partial charge is 0.285 e. The maximum Gasteiger partial charge on any atom is 0.285 e. The van der Waals surface area contributed by atoms with Crippen LogP contribution in [0.25, 0.3) is 0 Å². The third-order valence-corrected chi connectivity index (χ3v) is 4.89. The van der Waals surface area contributed by atoms with Gasteiger partial charge < -0.3 is 4.90 Å². The molecule has 1 aromatic carbocycles. The maximum absolute atomic E-state index is 12.0. The molecule has 96 valence electrons. The second-order valence-electron chi connectivity index (χ2n) is 5.08. The van der Waals surface area contributed by atoms with Crippen LogP contribution in [-0.2, 0) is 10.0 Å². The molecule has 2 heterocycles. The highest BCUT2D eigenvalue weighted by Crippen LogP contribution is 2.29. The lowest BCUT2D eigenvalue weighted by atomic mass is 9.99. The SMILES string of the molecule is C[C@H]1CCCN(C2=NS(=O)(=O)c3ccccc32)C1. The Hall–Kier alpha value is -1.36. The summed E-state index contributed by atoms with van der Waals surface area (Å²) in [6, 6.07) is 7.09. The standard InChI is InChI=1S/C13H16N2O2S/c1-10-5-4-8-15(9-10)13-11-6-2-3-7-12(11)18(16,17)14-13/h2-3,6-7,10H,4-5,8-9H2,1H3/t10-/m0/s1. The molecule has 2 aliphatic heterocycles. The third kappa shape index (κ3) is 1.82. The van der Waals surface area contributed by atoms with Gasteiger partial charge in [0.25, 0.3) is 10.0 Å². The molecule has 3 rings (SSSR count). The van der Waals surface area contributed by atoms with Crippen molar-refractivity contribution in [2.75, 3.05) is 13.1 Å². The quantitative estimate of drug-likeness (QED) is 0.718. The summed E-state index contributed by atoms with van der Waals surface area (Å²) in [5, 5.41) is 0. The number of rotatable bonds is 0. The zero-order valence-electron chi connectivity index (χ0n) is 10.3. The fourth-order valence-electron chi connectivity index (χ4n) is 2.70. The summed E-state index contributed by atoms with van der Waals surface area (Å²) in [7, 11) is -3.48. The van der Waals surface area contributed by atoms with E-state index in [0.29, 0.717) is 16.6 Å². The van der Waals surface area contributed by atoms with Gasteiger partial charge in [0.2, 0.25) is 0 Å². The predicted molar refractivity (Wildman–Crippen MR) is 70.1 cm³/mol. The Kier molecular flexibility index (Phi) is 2.66. The van der Waals surface area contributed by atoms with E-state index in [1.54, 1.807) is 12.1 Å². The molecule has 1 atom stereocenters. The molecule has 0 spiro atoms. The van der Waals surface area contributed by atoms with Gasteiger partial charge in [-0.3, -0.25) is 0 Å². The molecule has 1 aromatic rings. The number of likely N-dealkylation sites (tertiary alicyclic amines) is 1. The maximum atomic E-state index is 12.0. The first-order chi connectivity index (χ1) is 8.58. The summed E-state index contributed by atoms with van der Waals surface area (Å²) in [5.41, 5.74) is 0.756. The van der Waals surface area contributed by atoms with Gasteiger partial charge in [-0.05, 0) is 30.9 Å². The minimum atomic E-state index is -3.48. The lowest BCUT2D eigenvalue weighted by molar-refractivity contribution is 0.274. The Balaban J connectivity index is 2.04. The van der Waals surface area contributed by atoms with Crippen LogP contribution in [0.2, 0.25) is 0 Å². The third-order valence-electron chi connectivity index (χ3n) is 3.57. The Bertz CT molecular complexity index is 607. The number of fused-ring (bicyclic) bond motifs is 1. The van der Waals surface area contributed by atoms with E-state index in [1.165, 1.54) is 6.42 Å². The monoisotopic (exact) mass is 264 g/mol. The number of amidine groups is 1. The first-order valence-corrected chi connectivity index (χ1v) is 7.71. The lowest BCUT2D eigenvalue weighted by Gasteiger charge is -2.32. The van der Waals surface area contributed by atoms with Crippen LogP contribution in [0.4, 0.5) is 0 Å². The molecule has 4 nitrogen and oxygen atoms in total. The van der Waals surface area contributed by atoms with E-state index >= 15 is 0 Å². The average molecular weight is 264 g/mol. The highest BCUT2D eigenvalue weighted by molar-refractivity contribution is 7.90. The van der Waals surface area contributed by atoms with Crippen LogP contribution < -0.4 is 0 Å². The van der Waals surface area contributed by atoms with Gasteiger partial charge in [-0.25, -0.2) is 0 Å². The lowest BCUT2D eigenvalue weighted by Crippen LogP contribution is -2.39. The topological polar surface area (TPSA) is 49.7 Å². The summed E-state index contributed by atoms with van der Waals surface area (Å²) in [4.78, 5) is 2.45. The van der Waals surface area contributed by atoms with Crippen LogP contribution >= 0.6 is 0 Å². The van der Waals surface area contributed by atoms with Crippen LogP contribution in [-0.4, -0.2) is 32.2 Å². The van der Waals surface area contributed by atoms with Gasteiger partial charge in [-0.15, -0.1) is 4.40 Å². The van der Waals surface area contributed by atoms with Gasteiger partial charge in [0.15, 0.2) is 5.84 Å². The molecule has 18 heavy (non-hydrogen) atoms. The number of nitrogens with zero attached hydrogens (tertiary/aromatic N) is 2. The first kappa shape index (κ1) is 11.7. The number of hydrogen-bond acceptors (Lipinski definition) is 3. The number of sulfonamides is 1. The molecule has 0 aliphatic carbocycles. The molecule has 5 heteroatoms. The highest BCUT2D eigenvalue weighted by atomic mass is 32.2. The van der Waals surface area contributed by atoms with Gasteiger partial charge in [0.05, 0.1) is 0 Å². The summed E-state index contributed by atoms with van der Waals surface area (Å²) < 4.78 is 27.9. The summed E-state index contributed by atoms with van der Waals surface area (Å²) in [5.74, 6) is 1.23. The Morgan fingerprint density at radius 2 is 2.11 bits per heavy atom. The van der Waals surface area contributed by atoms with Crippen molar-refractivity contribution in [3.05, 3.63) is 29.8 Å². The van der Waals surface area contributed by atoms with Crippen LogP contribution in [0.1, 0.15) is 25.3 Å². The van der Waals surface area contributed by atoms with E-state index in [2.05, 4.69) is 16.2 Å². The minimum absolute atomic E-state index is 0.346. The van der Waals surface area contributed by atoms with E-state index < -0.39 is 10.0 Å². The van der Waals surface area contributed by atoms with Gasteiger partial charge in [0.1, 0.15) is 4.90 Å². The highest BCUT2D eigenvalue weighted by Gasteiger charge is 2.32. The second-order valence-corrected chi connectivity index (χ2v) is 6.65. The Morgan fingerprint density at radius 3 is 2.89 bits per heavy atom. The summed E-state index contributed by atoms with van der Waals surface area (Å²) >= 11 is 0. The van der Waals surface area contributed by atoms with E-state index in [-0.39, 0.29) is 0 Å². The van der Waals surface area contributed by atoms with Gasteiger partial charge in [-0.2, -0.15) is 8.42 Å². The molecule has 1 saturated heterocycles. The molecular formula is C13H16N2O2S. The van der Waals surface area contributed by atoms with Crippen molar-refractivity contribution in [3.63, 3.8) is 0 Å². The van der Waals surface area contributed by atoms with Gasteiger partial charge in [-0.1, -0.05) is 19.1 Å². The zero-order chi connectivity index (χ0) is 12.8. The Morgan fingerprint density at radius 1 is 1.33 bits per heavy atom. The van der Waals surface area contributed by atoms with Crippen molar-refractivity contribution in [1.82, 2.24) is 4.90 Å². The van der Waals surface area contributed by atoms with Gasteiger partial charge in [0, 0.05) is 18.7 Å². The number of hydrogen-bond donors (Lipinski definition) is 0. The van der Waals surface area contributed by atoms with Crippen molar-refractivity contribution >= 4 is 15.9 Å². The van der Waals surface area contributed by atoms with Crippen molar-refractivity contribution in [2.45, 2.75) is 24.7 Å². The first-order valence-electron chi connectivity index (χ1n) is 6.27. The summed E-state index contributed by atoms with van der Waals surface area (Å²) in [6.07, 6.45) is 2.31. The second kappa shape index (κ2) is 4.09. The molecule has 0 amide bonds. The zero-order valence-corrected chi connectivity index (χ0v) is 11.2. The fraction of sp³-hybridized carbons (Fsp3) is 0.462. The average Bonchev–Trinajstić information content (AvgIpc) is 2.63. The van der Waals surface area contributed by atoms with E-state index in [0.717, 1.165) is 25.1 Å². The van der Waals surface area contributed by atoms with Crippen LogP contribution in [0.5, 0.6) is 0 Å². The van der Waals surface area contributed by atoms with Crippen molar-refractivity contribution < 1.29 is 8.42 Å². The molecule has 0 saturated carbocycles. The van der Waals surface area contributed by atoms with Crippen molar-refractivity contribution in [2.24, 2.45) is 10.3 Å². The Labute approximate surface area is 107 Å². The van der Waals surface area contributed by atoms with E-state index in [4.69, 9.17) is 0 Å². The normalized spacial score (nSPS) is 25.7. The predicted octanol–water partition coefficient (Wildman–Crippen LogP) is 1.87. The molecule has 1 fully saturated rings. The summed E-state index contributed by atoms with van der Waals surface area (Å²) in [6.45, 7) is 3.98. The van der Waals surface area contributed by atoms with Crippen LogP contribution in [0.3, 0.4) is 0 Å². The molecule has 0 radical (unpaired) electrons. The van der Waals surface area contributed by atoms with Crippen molar-refractivity contribution in [1.29, 1.82) is 0 Å². The van der Waals surface area contributed by atoms with Crippen LogP contribution in [0.15, 0.2) is 33.6 Å². The number of benzene rings is 1. The molecule has 0 N–H and O–H groups in total. The molecule has 2 aliphatic rings. The number of piperidine rings is 1. The molecule has 0 aromatic heterocycles. The largest absolute Gasteiger partial charge is 0.355 e.